The molecule has 1 heterocycles. The van der Waals surface area contributed by atoms with Gasteiger partial charge in [-0.2, -0.15) is 18.4 Å². The van der Waals surface area contributed by atoms with E-state index in [0.29, 0.717) is 5.69 Å². The number of hydrogen-bond acceptors (Lipinski definition) is 4. The van der Waals surface area contributed by atoms with Gasteiger partial charge in [0.2, 0.25) is 0 Å². The lowest BCUT2D eigenvalue weighted by Gasteiger charge is -2.14. The third-order valence-corrected chi connectivity index (χ3v) is 3.78. The van der Waals surface area contributed by atoms with Gasteiger partial charge in [-0.3, -0.25) is 9.98 Å². The van der Waals surface area contributed by atoms with Crippen LogP contribution in [0.15, 0.2) is 53.3 Å². The fraction of sp³-hybridized carbons (Fsp3) is 0.118. The third-order valence-electron chi connectivity index (χ3n) is 3.18. The number of amidine groups is 1. The van der Waals surface area contributed by atoms with Crippen LogP contribution in [0, 0.1) is 11.3 Å². The van der Waals surface area contributed by atoms with E-state index in [1.165, 1.54) is 6.08 Å². The van der Waals surface area contributed by atoms with Crippen molar-refractivity contribution in [2.24, 2.45) is 10.7 Å². The van der Waals surface area contributed by atoms with Crippen molar-refractivity contribution in [2.45, 2.75) is 12.7 Å². The standard InChI is InChI=1S/C17H12Cl2F3N5/c18-13-5-10(17(20,21)22)6-14(19)16(13)27-15(7-11(24)8-23)26-9-12-3-1-2-4-25-12/h1-7H,9,24H2,(H,26,27). The van der Waals surface area contributed by atoms with Crippen LogP contribution >= 0.6 is 23.2 Å². The van der Waals surface area contributed by atoms with E-state index >= 15 is 0 Å². The van der Waals surface area contributed by atoms with Gasteiger partial charge < -0.3 is 11.1 Å². The highest BCUT2D eigenvalue weighted by Gasteiger charge is 2.32. The Labute approximate surface area is 162 Å². The number of anilines is 1. The summed E-state index contributed by atoms with van der Waals surface area (Å²) in [4.78, 5) is 8.33. The summed E-state index contributed by atoms with van der Waals surface area (Å²) in [6, 6.07) is 8.45. The Kier molecular flexibility index (Phi) is 6.66. The van der Waals surface area contributed by atoms with Crippen molar-refractivity contribution in [2.75, 3.05) is 5.32 Å². The van der Waals surface area contributed by atoms with Crippen molar-refractivity contribution in [1.82, 2.24) is 4.98 Å². The van der Waals surface area contributed by atoms with E-state index in [9.17, 15) is 13.2 Å². The number of aliphatic imine (C=N–C) groups is 1. The highest BCUT2D eigenvalue weighted by Crippen LogP contribution is 2.38. The zero-order valence-corrected chi connectivity index (χ0v) is 15.1. The number of alkyl halides is 3. The highest BCUT2D eigenvalue weighted by atomic mass is 35.5. The van der Waals surface area contributed by atoms with Gasteiger partial charge in [-0.1, -0.05) is 29.3 Å². The number of nitrogens with two attached hydrogens (primary N) is 1. The molecule has 1 aromatic carbocycles. The SMILES string of the molecule is N#CC(N)=CC(=NCc1ccccn1)Nc1c(Cl)cc(C(F)(F)F)cc1Cl. The molecule has 3 N–H and O–H groups in total. The molecule has 10 heteroatoms. The summed E-state index contributed by atoms with van der Waals surface area (Å²) in [6.07, 6.45) is -1.79. The third kappa shape index (κ3) is 5.88. The number of nitrogens with zero attached hydrogens (tertiary/aromatic N) is 3. The summed E-state index contributed by atoms with van der Waals surface area (Å²) in [5.74, 6) is 0.0864. The molecule has 0 atom stereocenters. The van der Waals surface area contributed by atoms with Crippen LogP contribution in [0.2, 0.25) is 10.0 Å². The molecule has 140 valence electrons. The van der Waals surface area contributed by atoms with E-state index in [0.717, 1.165) is 12.1 Å². The fourth-order valence-corrected chi connectivity index (χ4v) is 2.52. The highest BCUT2D eigenvalue weighted by molar-refractivity contribution is 6.40. The maximum Gasteiger partial charge on any atom is 0.416 e. The average molecular weight is 414 g/mol. The molecule has 0 fully saturated rings. The first-order valence-corrected chi connectivity index (χ1v) is 8.11. The fourth-order valence-electron chi connectivity index (χ4n) is 1.94. The van der Waals surface area contributed by atoms with Crippen molar-refractivity contribution in [3.8, 4) is 6.07 Å². The second-order valence-electron chi connectivity index (χ2n) is 5.17. The Morgan fingerprint density at radius 1 is 1.30 bits per heavy atom. The molecular formula is C17H12Cl2F3N5. The van der Waals surface area contributed by atoms with Crippen LogP contribution in [0.1, 0.15) is 11.3 Å². The molecule has 0 amide bonds. The second-order valence-corrected chi connectivity index (χ2v) is 5.99. The Hall–Kier alpha value is -2.76. The molecule has 0 aliphatic rings. The van der Waals surface area contributed by atoms with E-state index in [1.807, 2.05) is 0 Å². The predicted octanol–water partition coefficient (Wildman–Crippen LogP) is 4.78. The van der Waals surface area contributed by atoms with Crippen LogP contribution in [0.5, 0.6) is 0 Å². The van der Waals surface area contributed by atoms with Crippen LogP contribution in [-0.2, 0) is 12.7 Å². The number of halogens is 5. The molecule has 1 aromatic heterocycles. The number of hydrogen-bond donors (Lipinski definition) is 2. The normalized spacial score (nSPS) is 12.6. The molecule has 0 bridgehead atoms. The number of benzene rings is 1. The first kappa shape index (κ1) is 20.6. The second kappa shape index (κ2) is 8.75. The van der Waals surface area contributed by atoms with E-state index in [4.69, 9.17) is 34.2 Å². The van der Waals surface area contributed by atoms with Crippen molar-refractivity contribution in [3.05, 3.63) is 69.6 Å². The molecule has 27 heavy (non-hydrogen) atoms. The van der Waals surface area contributed by atoms with Gasteiger partial charge >= 0.3 is 6.18 Å². The Morgan fingerprint density at radius 2 is 1.96 bits per heavy atom. The topological polar surface area (TPSA) is 87.1 Å². The number of rotatable bonds is 4. The van der Waals surface area contributed by atoms with Gasteiger partial charge in [-0.25, -0.2) is 0 Å². The predicted molar refractivity (Wildman–Crippen MR) is 98.3 cm³/mol. The van der Waals surface area contributed by atoms with E-state index in [1.54, 1.807) is 30.5 Å². The van der Waals surface area contributed by atoms with Crippen molar-refractivity contribution < 1.29 is 13.2 Å². The molecule has 0 aliphatic carbocycles. The average Bonchev–Trinajstić information content (AvgIpc) is 2.62. The van der Waals surface area contributed by atoms with Gasteiger partial charge in [0.25, 0.3) is 0 Å². The first-order valence-electron chi connectivity index (χ1n) is 7.35. The lowest BCUT2D eigenvalue weighted by atomic mass is 10.2. The molecule has 2 rings (SSSR count). The summed E-state index contributed by atoms with van der Waals surface area (Å²) in [7, 11) is 0. The van der Waals surface area contributed by atoms with Gasteiger partial charge in [0.1, 0.15) is 17.6 Å². The summed E-state index contributed by atoms with van der Waals surface area (Å²) < 4.78 is 38.5. The monoisotopic (exact) mass is 413 g/mol. The number of allylic oxidation sites excluding steroid dienone is 1. The number of pyridine rings is 1. The molecular weight excluding hydrogens is 402 g/mol. The Bertz CT molecular complexity index is 895. The molecule has 0 saturated carbocycles. The van der Waals surface area contributed by atoms with Crippen LogP contribution in [0.25, 0.3) is 0 Å². The van der Waals surface area contributed by atoms with Gasteiger partial charge in [0, 0.05) is 12.3 Å². The molecule has 2 aromatic rings. The molecule has 0 radical (unpaired) electrons. The smallest absolute Gasteiger partial charge is 0.390 e. The minimum atomic E-state index is -4.59. The van der Waals surface area contributed by atoms with Crippen molar-refractivity contribution in [3.63, 3.8) is 0 Å². The van der Waals surface area contributed by atoms with Gasteiger partial charge in [-0.05, 0) is 24.3 Å². The van der Waals surface area contributed by atoms with Crippen LogP contribution in [-0.4, -0.2) is 10.8 Å². The molecule has 0 unspecified atom stereocenters. The quantitative estimate of drug-likeness (QED) is 0.428. The molecule has 5 nitrogen and oxygen atoms in total. The van der Waals surface area contributed by atoms with Crippen LogP contribution in [0.3, 0.4) is 0 Å². The van der Waals surface area contributed by atoms with E-state index in [-0.39, 0.29) is 33.8 Å². The zero-order valence-electron chi connectivity index (χ0n) is 13.6. The number of nitrogens with one attached hydrogen (secondary N) is 1. The zero-order chi connectivity index (χ0) is 20.0. The van der Waals surface area contributed by atoms with Crippen LogP contribution in [0.4, 0.5) is 18.9 Å². The first-order chi connectivity index (χ1) is 12.7. The number of nitriles is 1. The van der Waals surface area contributed by atoms with E-state index in [2.05, 4.69) is 15.3 Å². The van der Waals surface area contributed by atoms with Gasteiger partial charge in [0.15, 0.2) is 0 Å². The number of aromatic nitrogens is 1. The maximum atomic E-state index is 12.8. The summed E-state index contributed by atoms with van der Waals surface area (Å²) in [6.45, 7) is 0.133. The largest absolute Gasteiger partial charge is 0.416 e. The summed E-state index contributed by atoms with van der Waals surface area (Å²) in [5, 5.41) is 11.0. The minimum absolute atomic E-state index is 0.00749. The maximum absolute atomic E-state index is 12.8. The van der Waals surface area contributed by atoms with E-state index < -0.39 is 11.7 Å². The Morgan fingerprint density at radius 3 is 2.48 bits per heavy atom. The Balaban J connectivity index is 2.37. The van der Waals surface area contributed by atoms with Crippen LogP contribution < -0.4 is 11.1 Å². The summed E-state index contributed by atoms with van der Waals surface area (Å²) in [5.41, 5.74) is 4.99. The molecule has 0 aliphatic heterocycles. The van der Waals surface area contributed by atoms with Crippen molar-refractivity contribution >= 4 is 34.7 Å². The van der Waals surface area contributed by atoms with Gasteiger partial charge in [0.05, 0.1) is 33.5 Å². The van der Waals surface area contributed by atoms with Gasteiger partial charge in [-0.15, -0.1) is 0 Å². The summed E-state index contributed by atoms with van der Waals surface area (Å²) >= 11 is 11.9. The molecule has 0 saturated heterocycles. The lowest BCUT2D eigenvalue weighted by molar-refractivity contribution is -0.137. The van der Waals surface area contributed by atoms with Crippen molar-refractivity contribution in [1.29, 1.82) is 5.26 Å². The molecule has 0 spiro atoms. The minimum Gasteiger partial charge on any atom is -0.390 e. The lowest BCUT2D eigenvalue weighted by Crippen LogP contribution is -2.14.